The van der Waals surface area contributed by atoms with Gasteiger partial charge in [-0.2, -0.15) is 0 Å². The molecule has 0 aliphatic carbocycles. The van der Waals surface area contributed by atoms with Gasteiger partial charge in [0, 0.05) is 8.95 Å². The summed E-state index contributed by atoms with van der Waals surface area (Å²) in [6.07, 6.45) is 0. The van der Waals surface area contributed by atoms with Crippen molar-refractivity contribution in [3.05, 3.63) is 32.7 Å². The molecule has 0 heterocycles. The summed E-state index contributed by atoms with van der Waals surface area (Å²) in [7, 11) is 0. The van der Waals surface area contributed by atoms with Crippen LogP contribution in [-0.4, -0.2) is 18.4 Å². The molecule has 86 valence electrons. The van der Waals surface area contributed by atoms with Crippen LogP contribution in [0.1, 0.15) is 10.4 Å². The van der Waals surface area contributed by atoms with E-state index >= 15 is 0 Å². The third-order valence-electron chi connectivity index (χ3n) is 1.55. The molecule has 0 saturated heterocycles. The third kappa shape index (κ3) is 3.92. The van der Waals surface area contributed by atoms with E-state index in [0.29, 0.717) is 10.0 Å². The molecule has 16 heavy (non-hydrogen) atoms. The second-order valence-corrected chi connectivity index (χ2v) is 4.58. The lowest BCUT2D eigenvalue weighted by molar-refractivity contribution is -0.124. The number of hydrogen-bond donors (Lipinski definition) is 2. The Labute approximate surface area is 109 Å². The molecule has 1 rings (SSSR count). The van der Waals surface area contributed by atoms with Gasteiger partial charge in [-0.05, 0) is 34.1 Å². The Morgan fingerprint density at radius 1 is 1.38 bits per heavy atom. The molecule has 0 aliphatic rings. The number of amides is 2. The summed E-state index contributed by atoms with van der Waals surface area (Å²) in [5.41, 5.74) is 7.33. The van der Waals surface area contributed by atoms with E-state index in [4.69, 9.17) is 5.73 Å². The number of rotatable bonds is 4. The minimum Gasteiger partial charge on any atom is -0.368 e. The van der Waals surface area contributed by atoms with Crippen LogP contribution in [0.3, 0.4) is 0 Å². The monoisotopic (exact) mass is 350 g/mol. The van der Waals surface area contributed by atoms with Gasteiger partial charge in [-0.15, -0.1) is 0 Å². The molecule has 0 aliphatic heterocycles. The molecule has 0 spiro atoms. The predicted molar refractivity (Wildman–Crippen MR) is 64.5 cm³/mol. The number of carbonyl (C=O) groups excluding carboxylic acids is 2. The minimum absolute atomic E-state index is 0.364. The van der Waals surface area contributed by atoms with Crippen molar-refractivity contribution in [1.29, 1.82) is 0 Å². The first-order valence-electron chi connectivity index (χ1n) is 4.16. The van der Waals surface area contributed by atoms with Crippen molar-refractivity contribution in [1.82, 2.24) is 5.48 Å². The molecule has 1 aromatic rings. The Hall–Kier alpha value is -0.920. The lowest BCUT2D eigenvalue weighted by Gasteiger charge is -2.06. The van der Waals surface area contributed by atoms with Gasteiger partial charge in [0.25, 0.3) is 5.91 Å². The zero-order valence-corrected chi connectivity index (χ0v) is 11.2. The van der Waals surface area contributed by atoms with Crippen LogP contribution in [0.5, 0.6) is 0 Å². The Balaban J connectivity index is 2.65. The second-order valence-electron chi connectivity index (χ2n) is 2.81. The predicted octanol–water partition coefficient (Wildman–Crippen LogP) is 1.36. The summed E-state index contributed by atoms with van der Waals surface area (Å²) in [6.45, 7) is -0.364. The lowest BCUT2D eigenvalue weighted by Crippen LogP contribution is -2.29. The number of hydroxylamine groups is 1. The van der Waals surface area contributed by atoms with E-state index in [9.17, 15) is 9.59 Å². The third-order valence-corrected chi connectivity index (χ3v) is 2.74. The topological polar surface area (TPSA) is 81.4 Å². The van der Waals surface area contributed by atoms with Gasteiger partial charge in [0.15, 0.2) is 6.61 Å². The number of carbonyl (C=O) groups is 2. The molecular weight excluding hydrogens is 344 g/mol. The van der Waals surface area contributed by atoms with Crippen molar-refractivity contribution in [2.45, 2.75) is 0 Å². The van der Waals surface area contributed by atoms with Crippen molar-refractivity contribution >= 4 is 43.7 Å². The normalized spacial score (nSPS) is 9.88. The SMILES string of the molecule is NC(=O)CONC(=O)c1cc(Br)ccc1Br. The summed E-state index contributed by atoms with van der Waals surface area (Å²) < 4.78 is 1.38. The lowest BCUT2D eigenvalue weighted by atomic mass is 10.2. The van der Waals surface area contributed by atoms with Crippen LogP contribution >= 0.6 is 31.9 Å². The molecule has 0 aromatic heterocycles. The van der Waals surface area contributed by atoms with Crippen molar-refractivity contribution in [2.75, 3.05) is 6.61 Å². The Morgan fingerprint density at radius 3 is 2.69 bits per heavy atom. The molecule has 0 atom stereocenters. The van der Waals surface area contributed by atoms with Gasteiger partial charge in [0.1, 0.15) is 0 Å². The number of nitrogens with two attached hydrogens (primary N) is 1. The van der Waals surface area contributed by atoms with Crippen LogP contribution in [0.2, 0.25) is 0 Å². The zero-order valence-electron chi connectivity index (χ0n) is 8.00. The number of halogens is 2. The highest BCUT2D eigenvalue weighted by Crippen LogP contribution is 2.21. The van der Waals surface area contributed by atoms with E-state index < -0.39 is 11.8 Å². The summed E-state index contributed by atoms with van der Waals surface area (Å²) in [5, 5.41) is 0. The number of benzene rings is 1. The van der Waals surface area contributed by atoms with Crippen LogP contribution in [0.4, 0.5) is 0 Å². The average molecular weight is 352 g/mol. The van der Waals surface area contributed by atoms with Crippen LogP contribution < -0.4 is 11.2 Å². The van der Waals surface area contributed by atoms with E-state index in [2.05, 4.69) is 42.2 Å². The largest absolute Gasteiger partial charge is 0.368 e. The number of primary amides is 1. The molecular formula is C9H8Br2N2O3. The van der Waals surface area contributed by atoms with Gasteiger partial charge in [-0.1, -0.05) is 15.9 Å². The average Bonchev–Trinajstić information content (AvgIpc) is 2.21. The molecule has 0 unspecified atom stereocenters. The van der Waals surface area contributed by atoms with E-state index in [1.165, 1.54) is 0 Å². The van der Waals surface area contributed by atoms with Gasteiger partial charge in [0.05, 0.1) is 5.56 Å². The fourth-order valence-corrected chi connectivity index (χ4v) is 1.69. The van der Waals surface area contributed by atoms with Crippen LogP contribution in [-0.2, 0) is 9.63 Å². The number of hydrogen-bond acceptors (Lipinski definition) is 3. The van der Waals surface area contributed by atoms with Gasteiger partial charge in [0.2, 0.25) is 5.91 Å². The van der Waals surface area contributed by atoms with E-state index in [-0.39, 0.29) is 6.61 Å². The summed E-state index contributed by atoms with van der Waals surface area (Å²) >= 11 is 6.46. The standard InChI is InChI=1S/C9H8Br2N2O3/c10-5-1-2-7(11)6(3-5)9(15)13-16-4-8(12)14/h1-3H,4H2,(H2,12,14)(H,13,15). The Morgan fingerprint density at radius 2 is 2.06 bits per heavy atom. The number of nitrogens with one attached hydrogen (secondary N) is 1. The van der Waals surface area contributed by atoms with Crippen LogP contribution in [0, 0.1) is 0 Å². The first kappa shape index (κ1) is 13.1. The maximum Gasteiger partial charge on any atom is 0.276 e. The molecule has 2 amide bonds. The highest BCUT2D eigenvalue weighted by Gasteiger charge is 2.10. The molecule has 0 fully saturated rings. The molecule has 7 heteroatoms. The highest BCUT2D eigenvalue weighted by molar-refractivity contribution is 9.11. The molecule has 0 radical (unpaired) electrons. The zero-order chi connectivity index (χ0) is 12.1. The van der Waals surface area contributed by atoms with Gasteiger partial charge < -0.3 is 5.73 Å². The molecule has 0 saturated carbocycles. The fraction of sp³-hybridized carbons (Fsp3) is 0.111. The molecule has 1 aromatic carbocycles. The van der Waals surface area contributed by atoms with E-state index in [1.807, 2.05) is 0 Å². The van der Waals surface area contributed by atoms with Gasteiger partial charge in [-0.3, -0.25) is 14.4 Å². The van der Waals surface area contributed by atoms with Crippen molar-refractivity contribution in [3.63, 3.8) is 0 Å². The Bertz CT molecular complexity index is 423. The van der Waals surface area contributed by atoms with E-state index in [0.717, 1.165) is 4.47 Å². The molecule has 5 nitrogen and oxygen atoms in total. The summed E-state index contributed by atoms with van der Waals surface area (Å²) in [5.74, 6) is -1.12. The van der Waals surface area contributed by atoms with Crippen molar-refractivity contribution in [3.8, 4) is 0 Å². The minimum atomic E-state index is -0.659. The summed E-state index contributed by atoms with van der Waals surface area (Å²) in [6, 6.07) is 5.12. The summed E-state index contributed by atoms with van der Waals surface area (Å²) in [4.78, 5) is 26.5. The van der Waals surface area contributed by atoms with Gasteiger partial charge >= 0.3 is 0 Å². The highest BCUT2D eigenvalue weighted by atomic mass is 79.9. The van der Waals surface area contributed by atoms with E-state index in [1.54, 1.807) is 18.2 Å². The second kappa shape index (κ2) is 5.97. The van der Waals surface area contributed by atoms with Gasteiger partial charge in [-0.25, -0.2) is 5.48 Å². The smallest absolute Gasteiger partial charge is 0.276 e. The van der Waals surface area contributed by atoms with Crippen molar-refractivity contribution in [2.24, 2.45) is 5.73 Å². The fourth-order valence-electron chi connectivity index (χ4n) is 0.899. The quantitative estimate of drug-likeness (QED) is 0.803. The molecule has 3 N–H and O–H groups in total. The Kier molecular flexibility index (Phi) is 4.91. The maximum absolute atomic E-state index is 11.6. The van der Waals surface area contributed by atoms with Crippen LogP contribution in [0.25, 0.3) is 0 Å². The van der Waals surface area contributed by atoms with Crippen LogP contribution in [0.15, 0.2) is 27.1 Å². The van der Waals surface area contributed by atoms with Crippen molar-refractivity contribution < 1.29 is 14.4 Å². The first-order chi connectivity index (χ1) is 7.50. The first-order valence-corrected chi connectivity index (χ1v) is 5.75. The maximum atomic E-state index is 11.6. The molecule has 0 bridgehead atoms.